The van der Waals surface area contributed by atoms with Gasteiger partial charge >= 0.3 is 0 Å². The zero-order valence-electron chi connectivity index (χ0n) is 11.8. The number of β-amino-alcohol motifs (C(OH)–C–C–N with tert-alkyl or cyclic N) is 1. The highest BCUT2D eigenvalue weighted by atomic mass is 16.5. The number of aryl methyl sites for hydroxylation is 1. The van der Waals surface area contributed by atoms with E-state index in [1.807, 2.05) is 19.1 Å². The lowest BCUT2D eigenvalue weighted by molar-refractivity contribution is 0.00459. The number of benzene rings is 1. The van der Waals surface area contributed by atoms with Crippen molar-refractivity contribution in [2.45, 2.75) is 20.0 Å². The predicted octanol–water partition coefficient (Wildman–Crippen LogP) is 1.38. The lowest BCUT2D eigenvalue weighted by Gasteiger charge is -2.28. The van der Waals surface area contributed by atoms with Crippen LogP contribution < -0.4 is 4.74 Å². The molecule has 4 nitrogen and oxygen atoms in total. The Kier molecular flexibility index (Phi) is 5.19. The zero-order chi connectivity index (χ0) is 13.7. The van der Waals surface area contributed by atoms with E-state index in [9.17, 15) is 5.11 Å². The first-order chi connectivity index (χ1) is 9.16. The molecule has 106 valence electrons. The normalized spacial score (nSPS) is 18.3. The molecule has 1 fully saturated rings. The van der Waals surface area contributed by atoms with Gasteiger partial charge in [-0.2, -0.15) is 0 Å². The van der Waals surface area contributed by atoms with Gasteiger partial charge in [-0.1, -0.05) is 12.1 Å². The summed E-state index contributed by atoms with van der Waals surface area (Å²) in [5.74, 6) is 0.862. The minimum Gasteiger partial charge on any atom is -0.491 e. The highest BCUT2D eigenvalue weighted by molar-refractivity contribution is 5.38. The van der Waals surface area contributed by atoms with E-state index in [-0.39, 0.29) is 0 Å². The van der Waals surface area contributed by atoms with E-state index in [1.165, 1.54) is 5.56 Å². The Morgan fingerprint density at radius 3 is 2.79 bits per heavy atom. The molecule has 2 rings (SSSR count). The standard InChI is InChI=1S/C15H23NO3/c1-12-4-3-5-15(13(12)2)19-11-14(17)10-16-6-8-18-9-7-16/h3-5,14,17H,6-11H2,1-2H3. The fourth-order valence-corrected chi connectivity index (χ4v) is 2.20. The van der Waals surface area contributed by atoms with Crippen LogP contribution in [0.25, 0.3) is 0 Å². The lowest BCUT2D eigenvalue weighted by Crippen LogP contribution is -2.42. The van der Waals surface area contributed by atoms with Gasteiger partial charge in [-0.3, -0.25) is 4.90 Å². The molecule has 0 saturated carbocycles. The van der Waals surface area contributed by atoms with Crippen molar-refractivity contribution in [3.8, 4) is 5.75 Å². The molecule has 1 aliphatic heterocycles. The van der Waals surface area contributed by atoms with E-state index in [2.05, 4.69) is 17.9 Å². The summed E-state index contributed by atoms with van der Waals surface area (Å²) in [5, 5.41) is 10.0. The maximum Gasteiger partial charge on any atom is 0.122 e. The highest BCUT2D eigenvalue weighted by Gasteiger charge is 2.15. The molecule has 0 radical (unpaired) electrons. The molecule has 19 heavy (non-hydrogen) atoms. The second-order valence-electron chi connectivity index (χ2n) is 5.08. The van der Waals surface area contributed by atoms with Crippen LogP contribution in [0.1, 0.15) is 11.1 Å². The van der Waals surface area contributed by atoms with Crippen LogP contribution in [-0.4, -0.2) is 55.6 Å². The van der Waals surface area contributed by atoms with E-state index in [4.69, 9.17) is 9.47 Å². The Labute approximate surface area is 114 Å². The summed E-state index contributed by atoms with van der Waals surface area (Å²) in [5.41, 5.74) is 2.35. The summed E-state index contributed by atoms with van der Waals surface area (Å²) in [7, 11) is 0. The van der Waals surface area contributed by atoms with Crippen LogP contribution in [0.3, 0.4) is 0 Å². The van der Waals surface area contributed by atoms with E-state index in [1.54, 1.807) is 0 Å². The summed E-state index contributed by atoms with van der Waals surface area (Å²) < 4.78 is 11.0. The van der Waals surface area contributed by atoms with Gasteiger partial charge in [0.05, 0.1) is 13.2 Å². The molecule has 1 atom stereocenters. The molecular weight excluding hydrogens is 242 g/mol. The molecule has 0 amide bonds. The third-order valence-corrected chi connectivity index (χ3v) is 3.56. The van der Waals surface area contributed by atoms with E-state index >= 15 is 0 Å². The van der Waals surface area contributed by atoms with Crippen molar-refractivity contribution in [2.24, 2.45) is 0 Å². The number of aliphatic hydroxyl groups excluding tert-OH is 1. The number of hydrogen-bond donors (Lipinski definition) is 1. The Balaban J connectivity index is 1.79. The van der Waals surface area contributed by atoms with Crippen LogP contribution in [0.2, 0.25) is 0 Å². The van der Waals surface area contributed by atoms with Gasteiger partial charge in [0.15, 0.2) is 0 Å². The van der Waals surface area contributed by atoms with Crippen molar-refractivity contribution in [3.05, 3.63) is 29.3 Å². The van der Waals surface area contributed by atoms with Crippen molar-refractivity contribution in [2.75, 3.05) is 39.5 Å². The molecule has 1 aliphatic rings. The highest BCUT2D eigenvalue weighted by Crippen LogP contribution is 2.20. The fourth-order valence-electron chi connectivity index (χ4n) is 2.20. The molecule has 1 saturated heterocycles. The predicted molar refractivity (Wildman–Crippen MR) is 74.7 cm³/mol. The molecule has 1 heterocycles. The number of nitrogens with zero attached hydrogens (tertiary/aromatic N) is 1. The molecule has 4 heteroatoms. The van der Waals surface area contributed by atoms with E-state index < -0.39 is 6.10 Å². The van der Waals surface area contributed by atoms with Crippen molar-refractivity contribution >= 4 is 0 Å². The second-order valence-corrected chi connectivity index (χ2v) is 5.08. The molecule has 0 bridgehead atoms. The van der Waals surface area contributed by atoms with E-state index in [0.29, 0.717) is 13.2 Å². The first-order valence-electron chi connectivity index (χ1n) is 6.84. The summed E-state index contributed by atoms with van der Waals surface area (Å²) in [6.07, 6.45) is -0.460. The van der Waals surface area contributed by atoms with Crippen molar-refractivity contribution in [1.82, 2.24) is 4.90 Å². The SMILES string of the molecule is Cc1cccc(OCC(O)CN2CCOCC2)c1C. The molecule has 1 unspecified atom stereocenters. The van der Waals surface area contributed by atoms with Gasteiger partial charge in [0.1, 0.15) is 18.5 Å². The number of rotatable bonds is 5. The molecule has 1 aromatic carbocycles. The third kappa shape index (κ3) is 4.20. The molecule has 0 spiro atoms. The first-order valence-corrected chi connectivity index (χ1v) is 6.84. The summed E-state index contributed by atoms with van der Waals surface area (Å²) in [4.78, 5) is 2.21. The van der Waals surface area contributed by atoms with Crippen molar-refractivity contribution < 1.29 is 14.6 Å². The second kappa shape index (κ2) is 6.89. The van der Waals surface area contributed by atoms with Crippen molar-refractivity contribution in [1.29, 1.82) is 0 Å². The summed E-state index contributed by atoms with van der Waals surface area (Å²) in [6, 6.07) is 5.99. The first kappa shape index (κ1) is 14.3. The van der Waals surface area contributed by atoms with Gasteiger partial charge < -0.3 is 14.6 Å². The van der Waals surface area contributed by atoms with Crippen LogP contribution in [0, 0.1) is 13.8 Å². The largest absolute Gasteiger partial charge is 0.491 e. The van der Waals surface area contributed by atoms with Crippen molar-refractivity contribution in [3.63, 3.8) is 0 Å². The molecular formula is C15H23NO3. The van der Waals surface area contributed by atoms with Crippen LogP contribution in [0.5, 0.6) is 5.75 Å². The van der Waals surface area contributed by atoms with Crippen LogP contribution >= 0.6 is 0 Å². The van der Waals surface area contributed by atoms with Gasteiger partial charge in [0.2, 0.25) is 0 Å². The fraction of sp³-hybridized carbons (Fsp3) is 0.600. The van der Waals surface area contributed by atoms with Gasteiger partial charge in [-0.25, -0.2) is 0 Å². The number of aliphatic hydroxyl groups is 1. The van der Waals surface area contributed by atoms with Gasteiger partial charge in [-0.15, -0.1) is 0 Å². The van der Waals surface area contributed by atoms with Gasteiger partial charge in [0.25, 0.3) is 0 Å². The van der Waals surface area contributed by atoms with Crippen LogP contribution in [0.4, 0.5) is 0 Å². The molecule has 0 aliphatic carbocycles. The molecule has 1 N–H and O–H groups in total. The van der Waals surface area contributed by atoms with Crippen LogP contribution in [-0.2, 0) is 4.74 Å². The van der Waals surface area contributed by atoms with Gasteiger partial charge in [0, 0.05) is 19.6 Å². The number of ether oxygens (including phenoxy) is 2. The Hall–Kier alpha value is -1.10. The average Bonchev–Trinajstić information content (AvgIpc) is 2.42. The minimum atomic E-state index is -0.460. The molecule has 0 aromatic heterocycles. The third-order valence-electron chi connectivity index (χ3n) is 3.56. The maximum atomic E-state index is 10.0. The maximum absolute atomic E-state index is 10.0. The lowest BCUT2D eigenvalue weighted by atomic mass is 10.1. The zero-order valence-corrected chi connectivity index (χ0v) is 11.8. The molecule has 1 aromatic rings. The van der Waals surface area contributed by atoms with E-state index in [0.717, 1.165) is 37.6 Å². The Bertz CT molecular complexity index is 402. The Morgan fingerprint density at radius 2 is 2.05 bits per heavy atom. The topological polar surface area (TPSA) is 41.9 Å². The monoisotopic (exact) mass is 265 g/mol. The van der Waals surface area contributed by atoms with Gasteiger partial charge in [-0.05, 0) is 31.0 Å². The Morgan fingerprint density at radius 1 is 1.32 bits per heavy atom. The summed E-state index contributed by atoms with van der Waals surface area (Å²) in [6.45, 7) is 8.37. The number of morpholine rings is 1. The number of hydrogen-bond acceptors (Lipinski definition) is 4. The summed E-state index contributed by atoms with van der Waals surface area (Å²) >= 11 is 0. The minimum absolute atomic E-state index is 0.335. The quantitative estimate of drug-likeness (QED) is 0.873. The van der Waals surface area contributed by atoms with Crippen LogP contribution in [0.15, 0.2) is 18.2 Å². The average molecular weight is 265 g/mol. The smallest absolute Gasteiger partial charge is 0.122 e.